The van der Waals surface area contributed by atoms with E-state index in [2.05, 4.69) is 5.32 Å². The maximum absolute atomic E-state index is 15.9. The molecule has 2 N–H and O–H groups in total. The van der Waals surface area contributed by atoms with Gasteiger partial charge in [0.1, 0.15) is 36.2 Å². The molecule has 268 valence electrons. The van der Waals surface area contributed by atoms with Gasteiger partial charge in [-0.15, -0.1) is 0 Å². The number of halogens is 6. The number of aryl methyl sites for hydroxylation is 2. The van der Waals surface area contributed by atoms with Crippen molar-refractivity contribution >= 4 is 11.9 Å². The molecule has 1 saturated heterocycles. The fourth-order valence-electron chi connectivity index (χ4n) is 6.69. The standard InChI is InChI=1S/C37H33F6N3O5/c1-19-4-3-5-30-33(19)23-10-20(2)34(40)26(12-23)29(14-32(48)49)44-36(50)35(25-11-21(18-51-30)6-7-28(25)39)46-15-22(8-9-45-16-24(38)17-45)27(13-31(46)47)37(41,42)43/h3-7,10-13,15,24,29,35H,8-9,14,16-18H2,1-2H3,(H,44,50)(H,48,49)/t29-,35-/m0/s1. The maximum Gasteiger partial charge on any atom is 0.416 e. The highest BCUT2D eigenvalue weighted by atomic mass is 19.4. The smallest absolute Gasteiger partial charge is 0.416 e. The zero-order valence-corrected chi connectivity index (χ0v) is 27.5. The number of rotatable bonds is 6. The number of benzene rings is 3. The fourth-order valence-corrected chi connectivity index (χ4v) is 6.69. The van der Waals surface area contributed by atoms with E-state index in [1.54, 1.807) is 36.1 Å². The van der Waals surface area contributed by atoms with Crippen molar-refractivity contribution in [2.24, 2.45) is 0 Å². The summed E-state index contributed by atoms with van der Waals surface area (Å²) in [4.78, 5) is 41.5. The molecule has 0 aliphatic carbocycles. The van der Waals surface area contributed by atoms with E-state index in [9.17, 15) is 37.1 Å². The molecule has 51 heavy (non-hydrogen) atoms. The topological polar surface area (TPSA) is 101 Å². The molecule has 4 aromatic rings. The van der Waals surface area contributed by atoms with Gasteiger partial charge in [-0.3, -0.25) is 23.9 Å². The number of carboxylic acid groups (broad SMARTS) is 1. The molecule has 1 amide bonds. The van der Waals surface area contributed by atoms with Gasteiger partial charge in [0.25, 0.3) is 5.56 Å². The van der Waals surface area contributed by atoms with Crippen molar-refractivity contribution in [3.05, 3.63) is 122 Å². The molecule has 14 heteroatoms. The minimum absolute atomic E-state index is 0.0103. The molecule has 1 fully saturated rings. The molecule has 3 aromatic carbocycles. The third-order valence-electron chi connectivity index (χ3n) is 9.23. The summed E-state index contributed by atoms with van der Waals surface area (Å²) < 4.78 is 94.5. The number of ether oxygens (including phenoxy) is 1. The van der Waals surface area contributed by atoms with Gasteiger partial charge in [-0.25, -0.2) is 13.2 Å². The summed E-state index contributed by atoms with van der Waals surface area (Å²) in [5, 5.41) is 12.3. The summed E-state index contributed by atoms with van der Waals surface area (Å²) in [5.74, 6) is -4.05. The van der Waals surface area contributed by atoms with E-state index in [4.69, 9.17) is 4.74 Å². The first kappa shape index (κ1) is 35.7. The minimum atomic E-state index is -4.97. The summed E-state index contributed by atoms with van der Waals surface area (Å²) in [6.45, 7) is 3.17. The molecule has 0 unspecified atom stereocenters. The van der Waals surface area contributed by atoms with Crippen LogP contribution in [0.4, 0.5) is 26.3 Å². The summed E-state index contributed by atoms with van der Waals surface area (Å²) in [6.07, 6.45) is -6.38. The van der Waals surface area contributed by atoms with Crippen LogP contribution in [0.3, 0.4) is 0 Å². The Labute approximate surface area is 288 Å². The van der Waals surface area contributed by atoms with Crippen LogP contribution in [0.2, 0.25) is 0 Å². The quantitative estimate of drug-likeness (QED) is 0.223. The zero-order valence-electron chi connectivity index (χ0n) is 27.5. The molecule has 0 spiro atoms. The van der Waals surface area contributed by atoms with Crippen molar-refractivity contribution in [2.45, 2.75) is 57.7 Å². The number of pyridine rings is 1. The lowest BCUT2D eigenvalue weighted by molar-refractivity contribution is -0.139. The van der Waals surface area contributed by atoms with E-state index in [1.807, 2.05) is 0 Å². The van der Waals surface area contributed by atoms with Crippen LogP contribution >= 0.6 is 0 Å². The number of amides is 1. The summed E-state index contributed by atoms with van der Waals surface area (Å²) >= 11 is 0. The third kappa shape index (κ3) is 7.36. The molecule has 3 heterocycles. The lowest BCUT2D eigenvalue weighted by Crippen LogP contribution is -2.49. The molecule has 8 nitrogen and oxygen atoms in total. The van der Waals surface area contributed by atoms with Crippen LogP contribution in [0.25, 0.3) is 11.1 Å². The van der Waals surface area contributed by atoms with Gasteiger partial charge in [0.05, 0.1) is 18.0 Å². The second kappa shape index (κ2) is 13.9. The lowest BCUT2D eigenvalue weighted by atomic mass is 9.91. The molecule has 0 saturated carbocycles. The Morgan fingerprint density at radius 1 is 1.00 bits per heavy atom. The number of nitrogens with zero attached hydrogens (tertiary/aromatic N) is 2. The predicted molar refractivity (Wildman–Crippen MR) is 174 cm³/mol. The van der Waals surface area contributed by atoms with Gasteiger partial charge in [0, 0.05) is 48.6 Å². The third-order valence-corrected chi connectivity index (χ3v) is 9.23. The largest absolute Gasteiger partial charge is 0.488 e. The van der Waals surface area contributed by atoms with Crippen molar-refractivity contribution in [3.63, 3.8) is 0 Å². The van der Waals surface area contributed by atoms with Gasteiger partial charge in [-0.1, -0.05) is 18.2 Å². The number of alkyl halides is 4. The first-order valence-electron chi connectivity index (χ1n) is 16.1. The van der Waals surface area contributed by atoms with Crippen LogP contribution in [0.15, 0.2) is 65.6 Å². The Bertz CT molecular complexity index is 2080. The summed E-state index contributed by atoms with van der Waals surface area (Å²) in [7, 11) is 0. The van der Waals surface area contributed by atoms with Crippen LogP contribution in [-0.2, 0) is 28.8 Å². The van der Waals surface area contributed by atoms with Gasteiger partial charge in [-0.2, -0.15) is 13.2 Å². The lowest BCUT2D eigenvalue weighted by Gasteiger charge is -2.34. The Morgan fingerprint density at radius 3 is 2.43 bits per heavy atom. The van der Waals surface area contributed by atoms with Crippen LogP contribution in [0.5, 0.6) is 5.75 Å². The Kier molecular flexibility index (Phi) is 9.73. The van der Waals surface area contributed by atoms with E-state index in [0.717, 1.165) is 17.8 Å². The van der Waals surface area contributed by atoms with Gasteiger partial charge in [0.2, 0.25) is 5.91 Å². The number of carboxylic acids is 1. The summed E-state index contributed by atoms with van der Waals surface area (Å²) in [6, 6.07) is 8.56. The molecule has 0 radical (unpaired) electrons. The Balaban J connectivity index is 1.56. The normalized spacial score (nSPS) is 18.2. The number of hydrogen-bond acceptors (Lipinski definition) is 5. The number of nitrogens with one attached hydrogen (secondary N) is 1. The number of aromatic nitrogens is 1. The number of fused-ring (bicyclic) bond motifs is 6. The highest BCUT2D eigenvalue weighted by Gasteiger charge is 2.37. The van der Waals surface area contributed by atoms with Crippen LogP contribution in [-0.4, -0.2) is 52.3 Å². The molecule has 2 atom stereocenters. The summed E-state index contributed by atoms with van der Waals surface area (Å²) in [5.41, 5.74) is -1.39. The van der Waals surface area contributed by atoms with E-state index in [1.165, 1.54) is 25.1 Å². The van der Waals surface area contributed by atoms with Crippen molar-refractivity contribution in [2.75, 3.05) is 19.6 Å². The van der Waals surface area contributed by atoms with Crippen LogP contribution in [0.1, 0.15) is 57.4 Å². The van der Waals surface area contributed by atoms with Gasteiger partial charge in [0.15, 0.2) is 0 Å². The molecule has 2 aliphatic rings. The zero-order chi connectivity index (χ0) is 36.8. The van der Waals surface area contributed by atoms with Crippen molar-refractivity contribution in [3.8, 4) is 16.9 Å². The van der Waals surface area contributed by atoms with E-state index < -0.39 is 76.6 Å². The van der Waals surface area contributed by atoms with Crippen LogP contribution < -0.4 is 15.6 Å². The highest BCUT2D eigenvalue weighted by molar-refractivity contribution is 5.85. The average molecular weight is 714 g/mol. The van der Waals surface area contributed by atoms with Crippen molar-refractivity contribution in [1.29, 1.82) is 0 Å². The fraction of sp³-hybridized carbons (Fsp3) is 0.324. The number of carbonyl (C=O) groups is 2. The van der Waals surface area contributed by atoms with Crippen molar-refractivity contribution in [1.82, 2.24) is 14.8 Å². The molecular weight excluding hydrogens is 680 g/mol. The van der Waals surface area contributed by atoms with E-state index in [-0.39, 0.29) is 43.8 Å². The SMILES string of the molecule is Cc1cc2cc(c1F)[C@H](CC(=O)O)NC(=O)[C@@H](n1cc(CCN3CC(F)C3)c(C(F)(F)F)cc1=O)c1cc(ccc1F)COc1cccc(C)c1-2. The Morgan fingerprint density at radius 2 is 1.75 bits per heavy atom. The second-order valence-corrected chi connectivity index (χ2v) is 12.9. The first-order valence-corrected chi connectivity index (χ1v) is 16.1. The number of hydrogen-bond donors (Lipinski definition) is 2. The minimum Gasteiger partial charge on any atom is -0.488 e. The predicted octanol–water partition coefficient (Wildman–Crippen LogP) is 6.44. The molecule has 1 aromatic heterocycles. The molecule has 6 rings (SSSR count). The van der Waals surface area contributed by atoms with Gasteiger partial charge in [-0.05, 0) is 78.4 Å². The first-order chi connectivity index (χ1) is 24.1. The Hall–Kier alpha value is -5.11. The van der Waals surface area contributed by atoms with Gasteiger partial charge >= 0.3 is 12.1 Å². The van der Waals surface area contributed by atoms with Crippen molar-refractivity contribution < 1.29 is 45.8 Å². The number of carbonyl (C=O) groups excluding carboxylic acids is 1. The molecule has 4 bridgehead atoms. The molecular formula is C37H33F6N3O5. The number of likely N-dealkylation sites (tertiary alicyclic amines) is 1. The monoisotopic (exact) mass is 713 g/mol. The second-order valence-electron chi connectivity index (χ2n) is 12.9. The number of aliphatic carboxylic acids is 1. The van der Waals surface area contributed by atoms with E-state index in [0.29, 0.717) is 33.1 Å². The maximum atomic E-state index is 15.9. The average Bonchev–Trinajstić information content (AvgIpc) is 3.03. The highest BCUT2D eigenvalue weighted by Crippen LogP contribution is 2.38. The van der Waals surface area contributed by atoms with Gasteiger partial charge < -0.3 is 15.2 Å². The molecule has 2 aliphatic heterocycles. The van der Waals surface area contributed by atoms with Crippen LogP contribution in [0, 0.1) is 25.5 Å². The van der Waals surface area contributed by atoms with E-state index >= 15 is 8.78 Å².